The number of aryl methyl sites for hydroxylation is 2. The number of nitrogens with one attached hydrogen (secondary N) is 1. The minimum Gasteiger partial charge on any atom is -0.325 e. The van der Waals surface area contributed by atoms with Crippen molar-refractivity contribution in [3.63, 3.8) is 0 Å². The van der Waals surface area contributed by atoms with Crippen LogP contribution in [0.1, 0.15) is 29.0 Å². The molecule has 0 saturated carbocycles. The third-order valence-corrected chi connectivity index (χ3v) is 5.81. The summed E-state index contributed by atoms with van der Waals surface area (Å²) >= 11 is 1.63. The van der Waals surface area contributed by atoms with Crippen LogP contribution in [0.25, 0.3) is 0 Å². The summed E-state index contributed by atoms with van der Waals surface area (Å²) in [6.45, 7) is 5.92. The Balaban J connectivity index is 1.76. The van der Waals surface area contributed by atoms with E-state index in [2.05, 4.69) is 33.4 Å². The number of thiophene rings is 1. The Hall–Kier alpha value is -2.80. The largest absolute Gasteiger partial charge is 0.325 e. The Bertz CT molecular complexity index is 1000. The molecule has 3 heterocycles. The first-order valence-electron chi connectivity index (χ1n) is 8.41. The number of rotatable bonds is 3. The van der Waals surface area contributed by atoms with Gasteiger partial charge in [-0.25, -0.2) is 9.67 Å². The summed E-state index contributed by atoms with van der Waals surface area (Å²) in [6, 6.07) is 9.59. The Morgan fingerprint density at radius 1 is 1.15 bits per heavy atom. The molecule has 7 heteroatoms. The molecular weight excluding hydrogens is 346 g/mol. The molecule has 2 atom stereocenters. The molecule has 1 aromatic carbocycles. The molecule has 132 valence electrons. The molecule has 0 radical (unpaired) electrons. The number of benzene rings is 1. The van der Waals surface area contributed by atoms with Gasteiger partial charge in [0.25, 0.3) is 0 Å². The van der Waals surface area contributed by atoms with Gasteiger partial charge in [-0.1, -0.05) is 18.2 Å². The molecule has 0 spiro atoms. The first kappa shape index (κ1) is 16.7. The van der Waals surface area contributed by atoms with Gasteiger partial charge >= 0.3 is 0 Å². The van der Waals surface area contributed by atoms with Gasteiger partial charge in [0.05, 0.1) is 0 Å². The smallest absolute Gasteiger partial charge is 0.248 e. The van der Waals surface area contributed by atoms with E-state index in [1.165, 1.54) is 6.33 Å². The van der Waals surface area contributed by atoms with Crippen LogP contribution in [0.3, 0.4) is 0 Å². The van der Waals surface area contributed by atoms with Crippen molar-refractivity contribution in [1.29, 1.82) is 0 Å². The normalized spacial score (nSPS) is 19.0. The van der Waals surface area contributed by atoms with Crippen LogP contribution in [0.4, 0.5) is 11.6 Å². The summed E-state index contributed by atoms with van der Waals surface area (Å²) in [5, 5.41) is 9.46. The molecule has 6 nitrogen and oxygen atoms in total. The molecule has 1 N–H and O–H groups in total. The predicted octanol–water partition coefficient (Wildman–Crippen LogP) is 3.91. The molecule has 0 aliphatic carbocycles. The highest BCUT2D eigenvalue weighted by molar-refractivity contribution is 7.10. The number of fused-ring (bicyclic) bond motifs is 1. The first-order valence-corrected chi connectivity index (χ1v) is 9.29. The van der Waals surface area contributed by atoms with Crippen molar-refractivity contribution in [2.45, 2.75) is 26.8 Å². The van der Waals surface area contributed by atoms with E-state index in [1.807, 2.05) is 43.5 Å². The maximum Gasteiger partial charge on any atom is 0.248 e. The Morgan fingerprint density at radius 2 is 1.96 bits per heavy atom. The van der Waals surface area contributed by atoms with E-state index in [9.17, 15) is 4.79 Å². The van der Waals surface area contributed by atoms with Gasteiger partial charge in [-0.15, -0.1) is 11.3 Å². The number of hydrogen-bond donors (Lipinski definition) is 1. The van der Waals surface area contributed by atoms with Gasteiger partial charge in [0, 0.05) is 16.3 Å². The van der Waals surface area contributed by atoms with Gasteiger partial charge in [0.15, 0.2) is 0 Å². The average Bonchev–Trinajstić information content (AvgIpc) is 3.24. The van der Waals surface area contributed by atoms with E-state index in [-0.39, 0.29) is 11.9 Å². The highest BCUT2D eigenvalue weighted by Crippen LogP contribution is 2.39. The van der Waals surface area contributed by atoms with Crippen molar-refractivity contribution in [2.24, 2.45) is 10.9 Å². The lowest BCUT2D eigenvalue weighted by molar-refractivity contribution is -0.118. The highest BCUT2D eigenvalue weighted by atomic mass is 32.1. The lowest BCUT2D eigenvalue weighted by atomic mass is 9.90. The monoisotopic (exact) mass is 365 g/mol. The first-order chi connectivity index (χ1) is 12.6. The maximum absolute atomic E-state index is 13.2. The van der Waals surface area contributed by atoms with Crippen LogP contribution < -0.4 is 5.32 Å². The van der Waals surface area contributed by atoms with Crippen molar-refractivity contribution in [2.75, 3.05) is 5.32 Å². The van der Waals surface area contributed by atoms with E-state index in [0.717, 1.165) is 27.4 Å². The quantitative estimate of drug-likeness (QED) is 0.765. The summed E-state index contributed by atoms with van der Waals surface area (Å²) in [6.07, 6.45) is 1.49. The fourth-order valence-corrected chi connectivity index (χ4v) is 4.37. The number of carbonyl (C=O) groups excluding carboxylic acids is 1. The molecule has 0 saturated heterocycles. The molecule has 1 aliphatic rings. The standard InChI is InChI=1S/C19H19N5OS/c1-11-6-4-5-7-14(11)23-18(25)15-13(3)22-19-20-10-21-24(19)16(15)17-12(2)8-9-26-17/h4-10,15-16H,1-3H3,(H,23,25). The van der Waals surface area contributed by atoms with Gasteiger partial charge < -0.3 is 5.32 Å². The second kappa shape index (κ2) is 6.49. The Morgan fingerprint density at radius 3 is 2.69 bits per heavy atom. The van der Waals surface area contributed by atoms with Crippen molar-refractivity contribution < 1.29 is 4.79 Å². The molecule has 3 aromatic rings. The summed E-state index contributed by atoms with van der Waals surface area (Å²) in [5.41, 5.74) is 3.73. The molecule has 2 aromatic heterocycles. The second-order valence-electron chi connectivity index (χ2n) is 6.45. The summed E-state index contributed by atoms with van der Waals surface area (Å²) in [7, 11) is 0. The molecule has 0 fully saturated rings. The van der Waals surface area contributed by atoms with Crippen molar-refractivity contribution in [3.05, 3.63) is 58.0 Å². The van der Waals surface area contributed by atoms with Crippen LogP contribution in [-0.4, -0.2) is 26.4 Å². The zero-order valence-electron chi connectivity index (χ0n) is 14.8. The molecule has 1 aliphatic heterocycles. The number of para-hydroxylation sites is 1. The van der Waals surface area contributed by atoms with Crippen molar-refractivity contribution in [3.8, 4) is 0 Å². The number of aromatic nitrogens is 3. The molecule has 1 amide bonds. The summed E-state index contributed by atoms with van der Waals surface area (Å²) in [4.78, 5) is 23.1. The summed E-state index contributed by atoms with van der Waals surface area (Å²) < 4.78 is 1.76. The molecule has 0 bridgehead atoms. The number of carbonyl (C=O) groups is 1. The number of hydrogen-bond acceptors (Lipinski definition) is 5. The highest BCUT2D eigenvalue weighted by Gasteiger charge is 2.40. The van der Waals surface area contributed by atoms with E-state index in [4.69, 9.17) is 0 Å². The van der Waals surface area contributed by atoms with Crippen LogP contribution in [0.15, 0.2) is 47.0 Å². The maximum atomic E-state index is 13.2. The van der Waals surface area contributed by atoms with E-state index in [1.54, 1.807) is 16.0 Å². The lowest BCUT2D eigenvalue weighted by Crippen LogP contribution is -2.39. The van der Waals surface area contributed by atoms with E-state index in [0.29, 0.717) is 5.95 Å². The summed E-state index contributed by atoms with van der Waals surface area (Å²) in [5.74, 6) is 0.0147. The fourth-order valence-electron chi connectivity index (χ4n) is 3.32. The SMILES string of the molecule is CC1=Nc2ncnn2C(c2sccc2C)C1C(=O)Nc1ccccc1C. The van der Waals surface area contributed by atoms with Crippen LogP contribution in [0.5, 0.6) is 0 Å². The van der Waals surface area contributed by atoms with Gasteiger partial charge in [-0.3, -0.25) is 4.79 Å². The van der Waals surface area contributed by atoms with Gasteiger partial charge in [0.1, 0.15) is 18.3 Å². The Labute approximate surface area is 155 Å². The van der Waals surface area contributed by atoms with Gasteiger partial charge in [-0.2, -0.15) is 10.1 Å². The van der Waals surface area contributed by atoms with Crippen molar-refractivity contribution >= 4 is 34.6 Å². The average molecular weight is 365 g/mol. The molecule has 4 rings (SSSR count). The minimum absolute atomic E-state index is 0.0838. The topological polar surface area (TPSA) is 72.2 Å². The number of anilines is 1. The predicted molar refractivity (Wildman–Crippen MR) is 103 cm³/mol. The van der Waals surface area contributed by atoms with Gasteiger partial charge in [0.2, 0.25) is 11.9 Å². The number of amides is 1. The van der Waals surface area contributed by atoms with E-state index < -0.39 is 5.92 Å². The fraction of sp³-hybridized carbons (Fsp3) is 0.263. The van der Waals surface area contributed by atoms with Crippen LogP contribution in [-0.2, 0) is 4.79 Å². The number of aliphatic imine (C=N–C) groups is 1. The third kappa shape index (κ3) is 2.74. The number of nitrogens with zero attached hydrogens (tertiary/aromatic N) is 4. The molecule has 2 unspecified atom stereocenters. The van der Waals surface area contributed by atoms with Gasteiger partial charge in [-0.05, 0) is 49.4 Å². The molecule has 26 heavy (non-hydrogen) atoms. The molecular formula is C19H19N5OS. The van der Waals surface area contributed by atoms with Crippen LogP contribution in [0, 0.1) is 19.8 Å². The van der Waals surface area contributed by atoms with Crippen LogP contribution >= 0.6 is 11.3 Å². The lowest BCUT2D eigenvalue weighted by Gasteiger charge is -2.30. The zero-order valence-corrected chi connectivity index (χ0v) is 15.6. The van der Waals surface area contributed by atoms with E-state index >= 15 is 0 Å². The van der Waals surface area contributed by atoms with Crippen molar-refractivity contribution in [1.82, 2.24) is 14.8 Å². The third-order valence-electron chi connectivity index (χ3n) is 4.72. The van der Waals surface area contributed by atoms with Crippen LogP contribution in [0.2, 0.25) is 0 Å². The second-order valence-corrected chi connectivity index (χ2v) is 7.40. The minimum atomic E-state index is -0.443. The Kier molecular flexibility index (Phi) is 4.16. The zero-order chi connectivity index (χ0) is 18.3.